The molecule has 6 nitrogen and oxygen atoms in total. The minimum absolute atomic E-state index is 0.383. The molecular weight excluding hydrogens is 284 g/mol. The summed E-state index contributed by atoms with van der Waals surface area (Å²) in [6, 6.07) is 0. The molecule has 0 amide bonds. The minimum Gasteiger partial charge on any atom is -0.319 e. The first-order valence-corrected chi connectivity index (χ1v) is 8.62. The molecule has 1 saturated heterocycles. The Balaban J connectivity index is 2.02. The fourth-order valence-electron chi connectivity index (χ4n) is 2.28. The normalized spacial score (nSPS) is 21.5. The molecule has 2 heterocycles. The van der Waals surface area contributed by atoms with Crippen LogP contribution in [0.15, 0.2) is 6.20 Å². The third-order valence-corrected chi connectivity index (χ3v) is 5.57. The number of aryl methyl sites for hydroxylation is 1. The van der Waals surface area contributed by atoms with Crippen LogP contribution in [0.25, 0.3) is 0 Å². The first-order valence-electron chi connectivity index (χ1n) is 6.36. The topological polar surface area (TPSA) is 74.3 Å². The predicted molar refractivity (Wildman–Crippen MR) is 77.6 cm³/mol. The predicted octanol–water partition coefficient (Wildman–Crippen LogP) is 1.04. The Hall–Kier alpha value is -0.700. The van der Waals surface area contributed by atoms with Crippen molar-refractivity contribution >= 4 is 26.7 Å². The molecular formula is C11H20N4O2S2. The Labute approximate surface area is 118 Å². The lowest BCUT2D eigenvalue weighted by Gasteiger charge is -2.31. The highest BCUT2D eigenvalue weighted by molar-refractivity contribution is 7.90. The molecule has 1 atom stereocenters. The highest BCUT2D eigenvalue weighted by Crippen LogP contribution is 2.22. The minimum atomic E-state index is -3.47. The van der Waals surface area contributed by atoms with Gasteiger partial charge in [0, 0.05) is 24.2 Å². The maximum atomic E-state index is 12.3. The molecule has 2 rings (SSSR count). The van der Waals surface area contributed by atoms with Crippen molar-refractivity contribution in [3.8, 4) is 0 Å². The Bertz CT molecular complexity index is 513. The third kappa shape index (κ3) is 3.88. The molecule has 0 aliphatic carbocycles. The standard InChI is InChI=1S/C11H20N4O2S2/c1-9-6-13-11(18-9)14-19(16,17)15-5-3-4-10(8-15)7-12-2/h6,10,12H,3-5,7-8H2,1-2H3,(H,13,14). The fourth-order valence-corrected chi connectivity index (χ4v) is 4.45. The summed E-state index contributed by atoms with van der Waals surface area (Å²) in [5, 5.41) is 3.55. The summed E-state index contributed by atoms with van der Waals surface area (Å²) in [6.07, 6.45) is 3.65. The number of nitrogens with one attached hydrogen (secondary N) is 2. The van der Waals surface area contributed by atoms with Gasteiger partial charge in [0.05, 0.1) is 0 Å². The van der Waals surface area contributed by atoms with E-state index in [2.05, 4.69) is 15.0 Å². The molecule has 1 aliphatic rings. The SMILES string of the molecule is CNCC1CCCN(S(=O)(=O)Nc2ncc(C)s2)C1. The van der Waals surface area contributed by atoms with Gasteiger partial charge in [-0.3, -0.25) is 0 Å². The quantitative estimate of drug-likeness (QED) is 0.852. The molecule has 1 fully saturated rings. The molecule has 1 aliphatic heterocycles. The number of nitrogens with zero attached hydrogens (tertiary/aromatic N) is 2. The molecule has 2 N–H and O–H groups in total. The highest BCUT2D eigenvalue weighted by atomic mass is 32.2. The largest absolute Gasteiger partial charge is 0.319 e. The zero-order valence-corrected chi connectivity index (χ0v) is 12.9. The van der Waals surface area contributed by atoms with Crippen LogP contribution in [-0.4, -0.2) is 44.4 Å². The average molecular weight is 304 g/mol. The van der Waals surface area contributed by atoms with Crippen molar-refractivity contribution in [2.24, 2.45) is 5.92 Å². The van der Waals surface area contributed by atoms with Crippen molar-refractivity contribution in [2.75, 3.05) is 31.4 Å². The van der Waals surface area contributed by atoms with E-state index >= 15 is 0 Å². The van der Waals surface area contributed by atoms with Crippen LogP contribution < -0.4 is 10.0 Å². The van der Waals surface area contributed by atoms with Gasteiger partial charge in [0.2, 0.25) is 0 Å². The number of hydrogen-bond donors (Lipinski definition) is 2. The number of anilines is 1. The summed E-state index contributed by atoms with van der Waals surface area (Å²) in [6.45, 7) is 3.90. The van der Waals surface area contributed by atoms with E-state index in [1.807, 2.05) is 14.0 Å². The van der Waals surface area contributed by atoms with E-state index in [9.17, 15) is 8.42 Å². The monoisotopic (exact) mass is 304 g/mol. The maximum absolute atomic E-state index is 12.3. The lowest BCUT2D eigenvalue weighted by Crippen LogP contribution is -2.44. The summed E-state index contributed by atoms with van der Waals surface area (Å²) in [4.78, 5) is 5.03. The van der Waals surface area contributed by atoms with Crippen LogP contribution in [0.5, 0.6) is 0 Å². The summed E-state index contributed by atoms with van der Waals surface area (Å²) in [5.74, 6) is 0.383. The van der Waals surface area contributed by atoms with Gasteiger partial charge in [-0.05, 0) is 39.3 Å². The van der Waals surface area contributed by atoms with Gasteiger partial charge >= 0.3 is 10.2 Å². The van der Waals surface area contributed by atoms with Crippen LogP contribution in [0.3, 0.4) is 0 Å². The maximum Gasteiger partial charge on any atom is 0.303 e. The number of rotatable bonds is 5. The van der Waals surface area contributed by atoms with Gasteiger partial charge in [0.15, 0.2) is 5.13 Å². The van der Waals surface area contributed by atoms with Gasteiger partial charge in [0.1, 0.15) is 0 Å². The average Bonchev–Trinajstić information content (AvgIpc) is 2.75. The van der Waals surface area contributed by atoms with Crippen LogP contribution in [0, 0.1) is 12.8 Å². The molecule has 19 heavy (non-hydrogen) atoms. The summed E-state index contributed by atoms with van der Waals surface area (Å²) in [7, 11) is -1.58. The zero-order chi connectivity index (χ0) is 13.9. The molecule has 1 aromatic rings. The summed E-state index contributed by atoms with van der Waals surface area (Å²) < 4.78 is 28.6. The molecule has 0 aromatic carbocycles. The van der Waals surface area contributed by atoms with Crippen LogP contribution in [-0.2, 0) is 10.2 Å². The molecule has 108 valence electrons. The van der Waals surface area contributed by atoms with Crippen molar-refractivity contribution in [2.45, 2.75) is 19.8 Å². The van der Waals surface area contributed by atoms with Gasteiger partial charge in [-0.2, -0.15) is 12.7 Å². The Morgan fingerprint density at radius 2 is 2.37 bits per heavy atom. The second-order valence-corrected chi connectivity index (χ2v) is 7.71. The van der Waals surface area contributed by atoms with Gasteiger partial charge < -0.3 is 5.32 Å². The lowest BCUT2D eigenvalue weighted by atomic mass is 10.00. The number of hydrogen-bond acceptors (Lipinski definition) is 5. The van der Waals surface area contributed by atoms with Crippen molar-refractivity contribution in [1.29, 1.82) is 0 Å². The van der Waals surface area contributed by atoms with Gasteiger partial charge in [0.25, 0.3) is 0 Å². The van der Waals surface area contributed by atoms with Crippen molar-refractivity contribution in [1.82, 2.24) is 14.6 Å². The van der Waals surface area contributed by atoms with E-state index in [4.69, 9.17) is 0 Å². The Kier molecular flexibility index (Phi) is 4.77. The van der Waals surface area contributed by atoms with Crippen molar-refractivity contribution < 1.29 is 8.42 Å². The highest BCUT2D eigenvalue weighted by Gasteiger charge is 2.29. The summed E-state index contributed by atoms with van der Waals surface area (Å²) >= 11 is 1.35. The first-order chi connectivity index (χ1) is 9.01. The summed E-state index contributed by atoms with van der Waals surface area (Å²) in [5.41, 5.74) is 0. The van der Waals surface area contributed by atoms with Crippen LogP contribution in [0.4, 0.5) is 5.13 Å². The van der Waals surface area contributed by atoms with Gasteiger partial charge in [-0.1, -0.05) is 0 Å². The fraction of sp³-hybridized carbons (Fsp3) is 0.727. The second-order valence-electron chi connectivity index (χ2n) is 4.81. The number of aromatic nitrogens is 1. The zero-order valence-electron chi connectivity index (χ0n) is 11.2. The molecule has 0 bridgehead atoms. The first kappa shape index (κ1) is 14.7. The van der Waals surface area contributed by atoms with Crippen molar-refractivity contribution in [3.05, 3.63) is 11.1 Å². The molecule has 0 saturated carbocycles. The molecule has 0 spiro atoms. The van der Waals surface area contributed by atoms with Crippen LogP contribution >= 0.6 is 11.3 Å². The van der Waals surface area contributed by atoms with Crippen LogP contribution in [0.2, 0.25) is 0 Å². The van der Waals surface area contributed by atoms with Gasteiger partial charge in [-0.15, -0.1) is 11.3 Å². The Morgan fingerprint density at radius 1 is 1.58 bits per heavy atom. The number of piperidine rings is 1. The van der Waals surface area contributed by atoms with Crippen LogP contribution in [0.1, 0.15) is 17.7 Å². The van der Waals surface area contributed by atoms with E-state index in [-0.39, 0.29) is 0 Å². The Morgan fingerprint density at radius 3 is 3.00 bits per heavy atom. The van der Waals surface area contributed by atoms with E-state index < -0.39 is 10.2 Å². The molecule has 0 radical (unpaired) electrons. The third-order valence-electron chi connectivity index (χ3n) is 3.15. The van der Waals surface area contributed by atoms with E-state index in [0.29, 0.717) is 24.1 Å². The van der Waals surface area contributed by atoms with E-state index in [1.54, 1.807) is 6.20 Å². The van der Waals surface area contributed by atoms with E-state index in [0.717, 1.165) is 24.3 Å². The molecule has 8 heteroatoms. The smallest absolute Gasteiger partial charge is 0.303 e. The lowest BCUT2D eigenvalue weighted by molar-refractivity contribution is 0.264. The second kappa shape index (κ2) is 6.17. The van der Waals surface area contributed by atoms with Gasteiger partial charge in [-0.25, -0.2) is 9.71 Å². The molecule has 1 aromatic heterocycles. The van der Waals surface area contributed by atoms with E-state index in [1.165, 1.54) is 15.6 Å². The molecule has 1 unspecified atom stereocenters. The van der Waals surface area contributed by atoms with Crippen molar-refractivity contribution in [3.63, 3.8) is 0 Å². The number of thiazole rings is 1.